The Morgan fingerprint density at radius 2 is 1.41 bits per heavy atom. The van der Waals surface area contributed by atoms with Crippen LogP contribution >= 0.6 is 0 Å². The third-order valence-electron chi connectivity index (χ3n) is 8.59. The average molecular weight is 571 g/mol. The van der Waals surface area contributed by atoms with Crippen molar-refractivity contribution in [3.8, 4) is 22.6 Å². The minimum absolute atomic E-state index is 0.102. The van der Waals surface area contributed by atoms with Crippen LogP contribution in [0.1, 0.15) is 81.3 Å². The van der Waals surface area contributed by atoms with Gasteiger partial charge in [-0.25, -0.2) is 8.78 Å². The molecule has 5 rings (SSSR count). The fraction of sp³-hybridized carbons (Fsp3) is 0.424. The number of hydrogen-bond donors (Lipinski definition) is 1. The summed E-state index contributed by atoms with van der Waals surface area (Å²) in [5.41, 5.74) is 2.12. The Balaban J connectivity index is 1.11. The fourth-order valence-electron chi connectivity index (χ4n) is 6.24. The van der Waals surface area contributed by atoms with Gasteiger partial charge >= 0.3 is 5.97 Å². The molecule has 2 fully saturated rings. The van der Waals surface area contributed by atoms with Gasteiger partial charge in [-0.1, -0.05) is 30.3 Å². The lowest BCUT2D eigenvalue weighted by Gasteiger charge is -2.32. The number of aromatic hydroxyl groups is 1. The van der Waals surface area contributed by atoms with Crippen LogP contribution in [0, 0.1) is 29.2 Å². The molecule has 0 unspecified atom stereocenters. The van der Waals surface area contributed by atoms with Crippen molar-refractivity contribution in [2.24, 2.45) is 5.92 Å². The number of benzene rings is 3. The first-order valence-electron chi connectivity index (χ1n) is 14.3. The summed E-state index contributed by atoms with van der Waals surface area (Å²) in [5, 5.41) is 9.36. The van der Waals surface area contributed by atoms with Crippen molar-refractivity contribution in [3.05, 3.63) is 82.9 Å². The molecule has 0 heterocycles. The van der Waals surface area contributed by atoms with E-state index in [-0.39, 0.29) is 53.3 Å². The number of ether oxygens (including phenoxy) is 2. The quantitative estimate of drug-likeness (QED) is 0.228. The largest absolute Gasteiger partial charge is 0.505 e. The smallest absolute Gasteiger partial charge is 0.309 e. The summed E-state index contributed by atoms with van der Waals surface area (Å²) in [4.78, 5) is 12.9. The number of halogens is 4. The summed E-state index contributed by atoms with van der Waals surface area (Å²) in [7, 11) is 0. The highest BCUT2D eigenvalue weighted by Crippen LogP contribution is 2.40. The molecule has 8 heteroatoms. The van der Waals surface area contributed by atoms with E-state index in [0.29, 0.717) is 44.1 Å². The lowest BCUT2D eigenvalue weighted by atomic mass is 9.78. The van der Waals surface area contributed by atoms with Gasteiger partial charge in [0.25, 0.3) is 0 Å². The van der Waals surface area contributed by atoms with Crippen molar-refractivity contribution in [2.45, 2.75) is 76.2 Å². The first-order valence-corrected chi connectivity index (χ1v) is 14.3. The van der Waals surface area contributed by atoms with Gasteiger partial charge in [0.1, 0.15) is 6.10 Å². The predicted octanol–water partition coefficient (Wildman–Crippen LogP) is 8.56. The number of hydrogen-bond acceptors (Lipinski definition) is 4. The molecule has 0 spiro atoms. The van der Waals surface area contributed by atoms with E-state index in [9.17, 15) is 27.5 Å². The minimum atomic E-state index is -1.22. The Hall–Kier alpha value is -3.55. The van der Waals surface area contributed by atoms with Gasteiger partial charge in [-0.2, -0.15) is 8.78 Å². The molecule has 0 atom stereocenters. The van der Waals surface area contributed by atoms with Crippen molar-refractivity contribution in [1.29, 1.82) is 0 Å². The highest BCUT2D eigenvalue weighted by molar-refractivity contribution is 5.73. The molecule has 0 saturated heterocycles. The van der Waals surface area contributed by atoms with Gasteiger partial charge in [0.2, 0.25) is 11.6 Å². The van der Waals surface area contributed by atoms with Crippen LogP contribution in [0.4, 0.5) is 17.6 Å². The number of carbonyl (C=O) groups excluding carboxylic acids is 1. The van der Waals surface area contributed by atoms with E-state index in [4.69, 9.17) is 9.47 Å². The lowest BCUT2D eigenvalue weighted by Crippen LogP contribution is -2.29. The maximum atomic E-state index is 14.6. The Morgan fingerprint density at radius 3 is 2.07 bits per heavy atom. The van der Waals surface area contributed by atoms with Crippen LogP contribution in [0.5, 0.6) is 11.5 Å². The minimum Gasteiger partial charge on any atom is -0.505 e. The number of phenolic OH excluding ortho intramolecular Hbond substituents is 1. The molecule has 0 aromatic heterocycles. The van der Waals surface area contributed by atoms with E-state index in [1.165, 1.54) is 24.3 Å². The van der Waals surface area contributed by atoms with E-state index in [2.05, 4.69) is 0 Å². The molecule has 2 saturated carbocycles. The van der Waals surface area contributed by atoms with E-state index < -0.39 is 29.0 Å². The van der Waals surface area contributed by atoms with Gasteiger partial charge in [-0.05, 0) is 105 Å². The molecule has 0 bridgehead atoms. The van der Waals surface area contributed by atoms with Crippen LogP contribution in [-0.4, -0.2) is 23.8 Å². The lowest BCUT2D eigenvalue weighted by molar-refractivity contribution is -0.157. The molecule has 0 radical (unpaired) electrons. The summed E-state index contributed by atoms with van der Waals surface area (Å²) >= 11 is 0. The SMILES string of the molecule is CCOc1ccc(-c2ccc(C3CCC(C(=O)OC4CCC(c5ccc(O)c(F)c5F)CC4)CC3)cc2)c(F)c1F. The van der Waals surface area contributed by atoms with Crippen LogP contribution in [0.2, 0.25) is 0 Å². The van der Waals surface area contributed by atoms with Crippen molar-refractivity contribution in [3.63, 3.8) is 0 Å². The highest BCUT2D eigenvalue weighted by atomic mass is 19.2. The van der Waals surface area contributed by atoms with Gasteiger partial charge in [0, 0.05) is 5.56 Å². The van der Waals surface area contributed by atoms with Crippen molar-refractivity contribution in [1.82, 2.24) is 0 Å². The summed E-state index contributed by atoms with van der Waals surface area (Å²) in [6, 6.07) is 13.0. The standard InChI is InChI=1S/C33H34F4O4/c1-2-40-28-18-16-26(30(35)32(28)37)21-7-3-19(4-8-21)20-5-9-23(10-6-20)33(39)41-24-13-11-22(12-14-24)25-15-17-27(38)31(36)29(25)34/h3-4,7-8,15-18,20,22-24,38H,2,5-6,9-14H2,1H3. The summed E-state index contributed by atoms with van der Waals surface area (Å²) in [5.74, 6) is -5.23. The Kier molecular flexibility index (Phi) is 8.85. The number of phenols is 1. The first kappa shape index (κ1) is 29.0. The zero-order valence-corrected chi connectivity index (χ0v) is 23.0. The predicted molar refractivity (Wildman–Crippen MR) is 147 cm³/mol. The van der Waals surface area contributed by atoms with Crippen LogP contribution < -0.4 is 4.74 Å². The molecule has 3 aromatic rings. The summed E-state index contributed by atoms with van der Waals surface area (Å²) in [6.45, 7) is 1.96. The van der Waals surface area contributed by atoms with Crippen molar-refractivity contribution < 1.29 is 36.9 Å². The molecular weight excluding hydrogens is 536 g/mol. The third kappa shape index (κ3) is 6.21. The van der Waals surface area contributed by atoms with E-state index >= 15 is 0 Å². The van der Waals surface area contributed by atoms with Gasteiger partial charge in [0.15, 0.2) is 23.1 Å². The molecule has 1 N–H and O–H groups in total. The number of rotatable bonds is 7. The fourth-order valence-corrected chi connectivity index (χ4v) is 6.24. The van der Waals surface area contributed by atoms with Crippen molar-refractivity contribution >= 4 is 5.97 Å². The highest BCUT2D eigenvalue weighted by Gasteiger charge is 2.32. The summed E-state index contributed by atoms with van der Waals surface area (Å²) in [6.07, 6.45) is 5.14. The first-order chi connectivity index (χ1) is 19.8. The zero-order chi connectivity index (χ0) is 29.1. The van der Waals surface area contributed by atoms with Gasteiger partial charge < -0.3 is 14.6 Å². The molecular formula is C33H34F4O4. The maximum absolute atomic E-state index is 14.6. The molecule has 0 aliphatic heterocycles. The number of esters is 1. The second-order valence-electron chi connectivity index (χ2n) is 11.1. The van der Waals surface area contributed by atoms with Crippen LogP contribution in [0.25, 0.3) is 11.1 Å². The third-order valence-corrected chi connectivity index (χ3v) is 8.59. The van der Waals surface area contributed by atoms with Crippen LogP contribution in [0.15, 0.2) is 48.5 Å². The average Bonchev–Trinajstić information content (AvgIpc) is 2.99. The molecule has 0 amide bonds. The molecule has 3 aromatic carbocycles. The van der Waals surface area contributed by atoms with Gasteiger partial charge in [0.05, 0.1) is 12.5 Å². The zero-order valence-electron chi connectivity index (χ0n) is 23.0. The molecule has 218 valence electrons. The monoisotopic (exact) mass is 570 g/mol. The summed E-state index contributed by atoms with van der Waals surface area (Å²) < 4.78 is 67.9. The van der Waals surface area contributed by atoms with Crippen molar-refractivity contribution in [2.75, 3.05) is 6.61 Å². The van der Waals surface area contributed by atoms with E-state index in [1.807, 2.05) is 12.1 Å². The van der Waals surface area contributed by atoms with Crippen LogP contribution in [0.3, 0.4) is 0 Å². The van der Waals surface area contributed by atoms with Crippen LogP contribution in [-0.2, 0) is 9.53 Å². The second-order valence-corrected chi connectivity index (χ2v) is 11.1. The second kappa shape index (κ2) is 12.5. The molecule has 4 nitrogen and oxygen atoms in total. The topological polar surface area (TPSA) is 55.8 Å². The molecule has 2 aliphatic rings. The Bertz CT molecular complexity index is 1370. The van der Waals surface area contributed by atoms with Gasteiger partial charge in [-0.15, -0.1) is 0 Å². The molecule has 2 aliphatic carbocycles. The normalized spacial score (nSPS) is 22.8. The molecule has 41 heavy (non-hydrogen) atoms. The Labute approximate surface area is 237 Å². The van der Waals surface area contributed by atoms with E-state index in [0.717, 1.165) is 18.4 Å². The Morgan fingerprint density at radius 1 is 0.756 bits per heavy atom. The number of carbonyl (C=O) groups is 1. The van der Waals surface area contributed by atoms with Gasteiger partial charge in [-0.3, -0.25) is 4.79 Å². The van der Waals surface area contributed by atoms with E-state index in [1.54, 1.807) is 19.1 Å². The maximum Gasteiger partial charge on any atom is 0.309 e.